The summed E-state index contributed by atoms with van der Waals surface area (Å²) in [6.45, 7) is 0. The van der Waals surface area contributed by atoms with Gasteiger partial charge < -0.3 is 35.1 Å². The molecule has 6 N–H and O–H groups in total. The maximum absolute atomic E-state index is 12.3. The molecule has 0 unspecified atom stereocenters. The van der Waals surface area contributed by atoms with Crippen molar-refractivity contribution in [2.75, 3.05) is 0 Å². The second-order valence-electron chi connectivity index (χ2n) is 5.11. The molecule has 0 aliphatic carbocycles. The smallest absolute Gasteiger partial charge is 0.343 e. The second kappa shape index (κ2) is 5.34. The van der Waals surface area contributed by atoms with Crippen molar-refractivity contribution in [3.05, 3.63) is 40.1 Å². The van der Waals surface area contributed by atoms with E-state index in [1.54, 1.807) is 0 Å². The van der Waals surface area contributed by atoms with Crippen molar-refractivity contribution in [2.45, 2.75) is 0 Å². The molecule has 3 rings (SSSR count). The van der Waals surface area contributed by atoms with Crippen LogP contribution in [0.25, 0.3) is 22.3 Å². The van der Waals surface area contributed by atoms with Gasteiger partial charge in [0.15, 0.2) is 5.76 Å². The average molecular weight is 346 g/mol. The van der Waals surface area contributed by atoms with Crippen LogP contribution in [0.2, 0.25) is 0 Å². The Labute approximate surface area is 137 Å². The summed E-state index contributed by atoms with van der Waals surface area (Å²) < 4.78 is 5.27. The van der Waals surface area contributed by atoms with Gasteiger partial charge in [0.25, 0.3) is 0 Å². The van der Waals surface area contributed by atoms with E-state index in [2.05, 4.69) is 0 Å². The normalized spacial score (nSPS) is 10.9. The minimum Gasteiger partial charge on any atom is -0.508 e. The highest BCUT2D eigenvalue weighted by molar-refractivity contribution is 6.02. The summed E-state index contributed by atoms with van der Waals surface area (Å²) in [5.74, 6) is -5.86. The molecular formula is C16H10O9. The third-order valence-electron chi connectivity index (χ3n) is 3.55. The van der Waals surface area contributed by atoms with E-state index in [0.717, 1.165) is 12.1 Å². The molecule has 2 aromatic carbocycles. The quantitative estimate of drug-likeness (QED) is 0.404. The summed E-state index contributed by atoms with van der Waals surface area (Å²) in [6.07, 6.45) is 0. The molecular weight excluding hydrogens is 336 g/mol. The predicted molar refractivity (Wildman–Crippen MR) is 83.2 cm³/mol. The van der Waals surface area contributed by atoms with Gasteiger partial charge in [-0.15, -0.1) is 0 Å². The van der Waals surface area contributed by atoms with Crippen molar-refractivity contribution in [2.24, 2.45) is 0 Å². The fourth-order valence-corrected chi connectivity index (χ4v) is 2.42. The van der Waals surface area contributed by atoms with Gasteiger partial charge in [0.1, 0.15) is 39.5 Å². The van der Waals surface area contributed by atoms with Crippen LogP contribution in [0.1, 0.15) is 10.4 Å². The molecule has 0 atom stereocenters. The summed E-state index contributed by atoms with van der Waals surface area (Å²) in [5, 5.41) is 57.2. The highest BCUT2D eigenvalue weighted by Crippen LogP contribution is 2.41. The number of carboxylic acid groups (broad SMARTS) is 1. The summed E-state index contributed by atoms with van der Waals surface area (Å²) in [6, 6.07) is 4.07. The van der Waals surface area contributed by atoms with E-state index < -0.39 is 56.7 Å². The number of carboxylic acids is 1. The van der Waals surface area contributed by atoms with Crippen molar-refractivity contribution < 1.29 is 39.9 Å². The Morgan fingerprint density at radius 1 is 0.920 bits per heavy atom. The van der Waals surface area contributed by atoms with Crippen molar-refractivity contribution in [3.8, 4) is 40.1 Å². The minimum absolute atomic E-state index is 0.143. The Kier molecular flexibility index (Phi) is 3.42. The van der Waals surface area contributed by atoms with Crippen LogP contribution < -0.4 is 5.43 Å². The van der Waals surface area contributed by atoms with E-state index in [1.807, 2.05) is 0 Å². The highest BCUT2D eigenvalue weighted by atomic mass is 16.4. The fourth-order valence-electron chi connectivity index (χ4n) is 2.42. The van der Waals surface area contributed by atoms with Gasteiger partial charge in [-0.1, -0.05) is 0 Å². The number of phenols is 4. The van der Waals surface area contributed by atoms with Gasteiger partial charge in [-0.25, -0.2) is 4.79 Å². The van der Waals surface area contributed by atoms with Gasteiger partial charge in [-0.3, -0.25) is 4.79 Å². The molecule has 9 heteroatoms. The maximum atomic E-state index is 12.3. The second-order valence-corrected chi connectivity index (χ2v) is 5.11. The molecule has 1 aromatic heterocycles. The molecule has 9 nitrogen and oxygen atoms in total. The van der Waals surface area contributed by atoms with Gasteiger partial charge in [0, 0.05) is 12.1 Å². The van der Waals surface area contributed by atoms with Crippen LogP contribution >= 0.6 is 0 Å². The lowest BCUT2D eigenvalue weighted by Crippen LogP contribution is -2.06. The van der Waals surface area contributed by atoms with Gasteiger partial charge >= 0.3 is 5.97 Å². The van der Waals surface area contributed by atoms with E-state index in [0.29, 0.717) is 0 Å². The first-order valence-corrected chi connectivity index (χ1v) is 6.72. The Morgan fingerprint density at radius 2 is 1.60 bits per heavy atom. The molecule has 3 aromatic rings. The highest BCUT2D eigenvalue weighted by Gasteiger charge is 2.25. The van der Waals surface area contributed by atoms with Crippen LogP contribution in [0.3, 0.4) is 0 Å². The van der Waals surface area contributed by atoms with E-state index in [9.17, 15) is 35.1 Å². The number of aromatic carboxylic acids is 1. The summed E-state index contributed by atoms with van der Waals surface area (Å²) in [5.41, 5.74) is -2.64. The van der Waals surface area contributed by atoms with Crippen molar-refractivity contribution in [1.82, 2.24) is 0 Å². The van der Waals surface area contributed by atoms with Gasteiger partial charge in [0.2, 0.25) is 11.2 Å². The van der Waals surface area contributed by atoms with E-state index >= 15 is 0 Å². The number of benzene rings is 2. The van der Waals surface area contributed by atoms with E-state index in [1.165, 1.54) is 12.1 Å². The van der Waals surface area contributed by atoms with Gasteiger partial charge in [-0.05, 0) is 12.1 Å². The van der Waals surface area contributed by atoms with Crippen LogP contribution in [0.4, 0.5) is 0 Å². The van der Waals surface area contributed by atoms with Crippen molar-refractivity contribution >= 4 is 16.9 Å². The first kappa shape index (κ1) is 16.0. The molecule has 128 valence electrons. The Balaban J connectivity index is 2.43. The lowest BCUT2D eigenvalue weighted by molar-refractivity contribution is 0.0690. The monoisotopic (exact) mass is 346 g/mol. The third kappa shape index (κ3) is 2.34. The van der Waals surface area contributed by atoms with E-state index in [-0.39, 0.29) is 11.3 Å². The molecule has 0 saturated heterocycles. The lowest BCUT2D eigenvalue weighted by atomic mass is 10.1. The zero-order chi connectivity index (χ0) is 18.5. The number of hydrogen-bond donors (Lipinski definition) is 6. The zero-order valence-corrected chi connectivity index (χ0v) is 12.2. The van der Waals surface area contributed by atoms with E-state index in [4.69, 9.17) is 9.52 Å². The molecule has 0 aliphatic heterocycles. The number of carbonyl (C=O) groups is 1. The fraction of sp³-hybridized carbons (Fsp3) is 0. The average Bonchev–Trinajstić information content (AvgIpc) is 2.50. The molecule has 0 aliphatic rings. The zero-order valence-electron chi connectivity index (χ0n) is 12.2. The Bertz CT molecular complexity index is 1100. The summed E-state index contributed by atoms with van der Waals surface area (Å²) in [4.78, 5) is 23.4. The Hall–Kier alpha value is -3.88. The standard InChI is InChI=1S/C16H10O9/c17-5-1-2-6(7(18)3-5)15-14(22)13(21)11-9(25-15)4-8(19)10(12(11)20)16(23)24/h1-4,17-20,22H,(H,23,24). The SMILES string of the molecule is O=C(O)c1c(O)cc2oc(-c3ccc(O)cc3O)c(O)c(=O)c2c1O. The predicted octanol–water partition coefficient (Wildman–Crippen LogP) is 1.69. The first-order valence-electron chi connectivity index (χ1n) is 6.72. The lowest BCUT2D eigenvalue weighted by Gasteiger charge is -2.10. The Morgan fingerprint density at radius 3 is 2.20 bits per heavy atom. The van der Waals surface area contributed by atoms with Crippen LogP contribution in [-0.2, 0) is 0 Å². The minimum atomic E-state index is -1.68. The summed E-state index contributed by atoms with van der Waals surface area (Å²) >= 11 is 0. The molecule has 0 fully saturated rings. The molecule has 0 spiro atoms. The van der Waals surface area contributed by atoms with Crippen LogP contribution in [0.15, 0.2) is 33.5 Å². The van der Waals surface area contributed by atoms with Crippen LogP contribution in [0.5, 0.6) is 28.7 Å². The van der Waals surface area contributed by atoms with Gasteiger partial charge in [-0.2, -0.15) is 0 Å². The van der Waals surface area contributed by atoms with Crippen LogP contribution in [0, 0.1) is 0 Å². The molecule has 25 heavy (non-hydrogen) atoms. The maximum Gasteiger partial charge on any atom is 0.343 e. The molecule has 0 amide bonds. The third-order valence-corrected chi connectivity index (χ3v) is 3.55. The molecule has 0 bridgehead atoms. The number of aromatic hydroxyl groups is 5. The number of rotatable bonds is 2. The van der Waals surface area contributed by atoms with Crippen LogP contribution in [-0.4, -0.2) is 36.6 Å². The molecule has 0 radical (unpaired) electrons. The molecule has 0 saturated carbocycles. The first-order chi connectivity index (χ1) is 11.7. The summed E-state index contributed by atoms with van der Waals surface area (Å²) in [7, 11) is 0. The topological polar surface area (TPSA) is 169 Å². The van der Waals surface area contributed by atoms with Crippen molar-refractivity contribution in [3.63, 3.8) is 0 Å². The number of hydrogen-bond acceptors (Lipinski definition) is 8. The molecule has 1 heterocycles. The largest absolute Gasteiger partial charge is 0.508 e. The van der Waals surface area contributed by atoms with Gasteiger partial charge in [0.05, 0.1) is 5.56 Å². The number of fused-ring (bicyclic) bond motifs is 1. The van der Waals surface area contributed by atoms with Crippen molar-refractivity contribution in [1.29, 1.82) is 0 Å². The number of phenolic OH excluding ortho intramolecular Hbond substituents is 2.